The lowest BCUT2D eigenvalue weighted by molar-refractivity contribution is -0.147. The summed E-state index contributed by atoms with van der Waals surface area (Å²) in [6.45, 7) is 9.28. The van der Waals surface area contributed by atoms with Gasteiger partial charge in [0.1, 0.15) is 12.2 Å². The molecule has 2 heterocycles. The minimum absolute atomic E-state index is 0.203. The highest BCUT2D eigenvalue weighted by atomic mass is 16.6. The highest BCUT2D eigenvalue weighted by Gasteiger charge is 2.57. The number of epoxide rings is 1. The average molecular weight is 306 g/mol. The molecule has 0 radical (unpaired) electrons. The molecule has 2 saturated heterocycles. The van der Waals surface area contributed by atoms with E-state index in [4.69, 9.17) is 14.2 Å². The van der Waals surface area contributed by atoms with Gasteiger partial charge in [0, 0.05) is 18.9 Å². The second kappa shape index (κ2) is 5.23. The van der Waals surface area contributed by atoms with Crippen LogP contribution in [-0.4, -0.2) is 35.9 Å². The predicted octanol–water partition coefficient (Wildman–Crippen LogP) is 2.30. The maximum atomic E-state index is 12.0. The normalized spacial score (nSPS) is 43.3. The highest BCUT2D eigenvalue weighted by molar-refractivity contribution is 5.91. The zero-order valence-electron chi connectivity index (χ0n) is 13.3. The van der Waals surface area contributed by atoms with E-state index >= 15 is 0 Å². The molecule has 22 heavy (non-hydrogen) atoms. The zero-order valence-corrected chi connectivity index (χ0v) is 13.3. The van der Waals surface area contributed by atoms with Crippen molar-refractivity contribution in [3.8, 4) is 0 Å². The number of hydrogen-bond acceptors (Lipinski definition) is 5. The van der Waals surface area contributed by atoms with Crippen LogP contribution in [0.3, 0.4) is 0 Å². The Morgan fingerprint density at radius 3 is 2.91 bits per heavy atom. The van der Waals surface area contributed by atoms with Gasteiger partial charge in [0.25, 0.3) is 0 Å². The molecule has 5 heteroatoms. The van der Waals surface area contributed by atoms with Crippen molar-refractivity contribution >= 4 is 11.9 Å². The van der Waals surface area contributed by atoms with Gasteiger partial charge in [-0.15, -0.1) is 0 Å². The lowest BCUT2D eigenvalue weighted by Crippen LogP contribution is -2.35. The van der Waals surface area contributed by atoms with E-state index in [2.05, 4.69) is 6.58 Å². The fourth-order valence-electron chi connectivity index (χ4n) is 3.58. The number of hydrogen-bond donors (Lipinski definition) is 0. The van der Waals surface area contributed by atoms with Crippen molar-refractivity contribution in [3.63, 3.8) is 0 Å². The number of allylic oxidation sites excluding steroid dienone is 1. The maximum absolute atomic E-state index is 12.0. The minimum Gasteiger partial charge on any atom is -0.458 e. The molecule has 120 valence electrons. The van der Waals surface area contributed by atoms with E-state index in [0.29, 0.717) is 12.0 Å². The van der Waals surface area contributed by atoms with Gasteiger partial charge in [-0.3, -0.25) is 4.79 Å². The Balaban J connectivity index is 1.95. The lowest BCUT2D eigenvalue weighted by Gasteiger charge is -2.27. The summed E-state index contributed by atoms with van der Waals surface area (Å²) in [6, 6.07) is 0. The van der Waals surface area contributed by atoms with E-state index in [1.54, 1.807) is 0 Å². The van der Waals surface area contributed by atoms with Gasteiger partial charge in [-0.1, -0.05) is 12.2 Å². The Hall–Kier alpha value is -1.62. The molecule has 3 rings (SSSR count). The highest BCUT2D eigenvalue weighted by Crippen LogP contribution is 2.48. The van der Waals surface area contributed by atoms with Gasteiger partial charge in [-0.05, 0) is 32.8 Å². The summed E-state index contributed by atoms with van der Waals surface area (Å²) >= 11 is 0. The summed E-state index contributed by atoms with van der Waals surface area (Å²) in [7, 11) is 0. The predicted molar refractivity (Wildman–Crippen MR) is 79.0 cm³/mol. The Morgan fingerprint density at radius 1 is 1.50 bits per heavy atom. The van der Waals surface area contributed by atoms with Crippen LogP contribution in [0.15, 0.2) is 23.8 Å². The van der Waals surface area contributed by atoms with Crippen molar-refractivity contribution in [2.24, 2.45) is 5.92 Å². The van der Waals surface area contributed by atoms with E-state index in [1.165, 1.54) is 6.92 Å². The SMILES string of the molecule is C=C1C(=O)O[C@@H]2C[C@]3(C)O[C@@H]3CC/C(C)=C\[C@@H](OC(C)=O)[C@H]12. The summed E-state index contributed by atoms with van der Waals surface area (Å²) in [6.07, 6.45) is 3.68. The summed E-state index contributed by atoms with van der Waals surface area (Å²) < 4.78 is 16.8. The van der Waals surface area contributed by atoms with Crippen molar-refractivity contribution in [2.45, 2.75) is 63.9 Å². The molecule has 0 spiro atoms. The largest absolute Gasteiger partial charge is 0.458 e. The fourth-order valence-corrected chi connectivity index (χ4v) is 3.58. The number of carbonyl (C=O) groups is 2. The van der Waals surface area contributed by atoms with Gasteiger partial charge in [-0.25, -0.2) is 4.79 Å². The zero-order chi connectivity index (χ0) is 16.1. The van der Waals surface area contributed by atoms with E-state index in [9.17, 15) is 9.59 Å². The Morgan fingerprint density at radius 2 is 2.23 bits per heavy atom. The molecule has 0 saturated carbocycles. The Labute approximate surface area is 130 Å². The van der Waals surface area contributed by atoms with Crippen molar-refractivity contribution in [3.05, 3.63) is 23.8 Å². The van der Waals surface area contributed by atoms with Crippen molar-refractivity contribution in [1.29, 1.82) is 0 Å². The first kappa shape index (κ1) is 15.3. The van der Waals surface area contributed by atoms with Crippen molar-refractivity contribution in [1.82, 2.24) is 0 Å². The third-order valence-electron chi connectivity index (χ3n) is 4.87. The van der Waals surface area contributed by atoms with Crippen LogP contribution in [0.5, 0.6) is 0 Å². The molecular formula is C17H22O5. The minimum atomic E-state index is -0.514. The van der Waals surface area contributed by atoms with Crippen LogP contribution in [0, 0.1) is 5.92 Å². The smallest absolute Gasteiger partial charge is 0.334 e. The monoisotopic (exact) mass is 306 g/mol. The molecule has 5 nitrogen and oxygen atoms in total. The van der Waals surface area contributed by atoms with Crippen LogP contribution >= 0.6 is 0 Å². The molecule has 0 aromatic rings. The van der Waals surface area contributed by atoms with Gasteiger partial charge in [0.05, 0.1) is 17.6 Å². The standard InChI is InChI=1S/C17H22O5/c1-9-5-6-14-17(4,22-14)8-13-15(10(2)16(19)21-13)12(7-9)20-11(3)18/h7,12-15H,2,5-6,8H2,1,3-4H3/b9-7-/t12-,13-,14-,15+,17+/m1/s1. The second-order valence-electron chi connectivity index (χ2n) is 6.74. The first-order valence-electron chi connectivity index (χ1n) is 7.72. The molecule has 0 aromatic heterocycles. The van der Waals surface area contributed by atoms with Crippen LogP contribution in [0.1, 0.15) is 40.0 Å². The third kappa shape index (κ3) is 2.70. The molecule has 5 atom stereocenters. The molecule has 0 amide bonds. The van der Waals surface area contributed by atoms with Crippen LogP contribution in [0.25, 0.3) is 0 Å². The second-order valence-corrected chi connectivity index (χ2v) is 6.74. The molecule has 3 aliphatic rings. The quantitative estimate of drug-likeness (QED) is 0.322. The topological polar surface area (TPSA) is 65.1 Å². The van der Waals surface area contributed by atoms with E-state index in [0.717, 1.165) is 18.4 Å². The van der Waals surface area contributed by atoms with Gasteiger partial charge in [0.2, 0.25) is 0 Å². The summed E-state index contributed by atoms with van der Waals surface area (Å²) in [5.41, 5.74) is 1.24. The first-order valence-corrected chi connectivity index (χ1v) is 7.72. The van der Waals surface area contributed by atoms with E-state index < -0.39 is 12.1 Å². The molecule has 0 aromatic carbocycles. The Kier molecular flexibility index (Phi) is 3.63. The number of ether oxygens (including phenoxy) is 3. The maximum Gasteiger partial charge on any atom is 0.334 e. The number of fused-ring (bicyclic) bond motifs is 2. The number of rotatable bonds is 1. The number of carbonyl (C=O) groups excluding carboxylic acids is 2. The molecule has 0 bridgehead atoms. The number of esters is 2. The van der Waals surface area contributed by atoms with E-state index in [-0.39, 0.29) is 29.7 Å². The molecule has 0 unspecified atom stereocenters. The van der Waals surface area contributed by atoms with Crippen LogP contribution in [-0.2, 0) is 23.8 Å². The molecule has 1 aliphatic carbocycles. The van der Waals surface area contributed by atoms with Crippen LogP contribution in [0.2, 0.25) is 0 Å². The average Bonchev–Trinajstić information content (AvgIpc) is 2.96. The van der Waals surface area contributed by atoms with Gasteiger partial charge < -0.3 is 14.2 Å². The molecule has 2 fully saturated rings. The van der Waals surface area contributed by atoms with Gasteiger partial charge in [-0.2, -0.15) is 0 Å². The lowest BCUT2D eigenvalue weighted by atomic mass is 9.83. The van der Waals surface area contributed by atoms with Crippen LogP contribution < -0.4 is 0 Å². The van der Waals surface area contributed by atoms with Crippen molar-refractivity contribution in [2.75, 3.05) is 0 Å². The molecule has 2 aliphatic heterocycles. The Bertz CT molecular complexity index is 563. The van der Waals surface area contributed by atoms with Gasteiger partial charge >= 0.3 is 11.9 Å². The summed E-state index contributed by atoms with van der Waals surface area (Å²) in [5.74, 6) is -1.12. The van der Waals surface area contributed by atoms with E-state index in [1.807, 2.05) is 19.9 Å². The fraction of sp³-hybridized carbons (Fsp3) is 0.647. The molecule has 0 N–H and O–H groups in total. The molecular weight excluding hydrogens is 284 g/mol. The third-order valence-corrected chi connectivity index (χ3v) is 4.87. The van der Waals surface area contributed by atoms with Gasteiger partial charge in [0.15, 0.2) is 0 Å². The van der Waals surface area contributed by atoms with Crippen molar-refractivity contribution < 1.29 is 23.8 Å². The first-order chi connectivity index (χ1) is 10.3. The van der Waals surface area contributed by atoms with Crippen LogP contribution in [0.4, 0.5) is 0 Å². The summed E-state index contributed by atoms with van der Waals surface area (Å²) in [4.78, 5) is 23.4. The summed E-state index contributed by atoms with van der Waals surface area (Å²) in [5, 5.41) is 0.